The molecule has 1 heterocycles. The molecule has 1 N–H and O–H groups in total. The SMILES string of the molecule is CNCCN(C)S(=O)(=O)c1cc(Cl)c(Br)s1. The molecule has 4 nitrogen and oxygen atoms in total. The number of nitrogens with one attached hydrogen (secondary N) is 1. The molecule has 16 heavy (non-hydrogen) atoms. The number of thiophene rings is 1. The van der Waals surface area contributed by atoms with Gasteiger partial charge in [0.05, 0.1) is 8.81 Å². The smallest absolute Gasteiger partial charge is 0.252 e. The fraction of sp³-hybridized carbons (Fsp3) is 0.500. The van der Waals surface area contributed by atoms with Crippen molar-refractivity contribution in [3.8, 4) is 0 Å². The number of likely N-dealkylation sites (N-methyl/N-ethyl adjacent to an activating group) is 2. The molecular weight excluding hydrogens is 336 g/mol. The Bertz CT molecular complexity index is 441. The maximum absolute atomic E-state index is 12.0. The predicted molar refractivity (Wildman–Crippen MR) is 70.8 cm³/mol. The third-order valence-corrected chi connectivity index (χ3v) is 6.74. The van der Waals surface area contributed by atoms with Gasteiger partial charge in [-0.15, -0.1) is 11.3 Å². The third kappa shape index (κ3) is 3.18. The van der Waals surface area contributed by atoms with Gasteiger partial charge in [-0.25, -0.2) is 8.42 Å². The minimum atomic E-state index is -3.42. The zero-order chi connectivity index (χ0) is 12.3. The molecule has 0 fully saturated rings. The molecule has 0 aliphatic carbocycles. The number of hydrogen-bond acceptors (Lipinski definition) is 4. The summed E-state index contributed by atoms with van der Waals surface area (Å²) in [5.74, 6) is 0. The molecule has 0 bridgehead atoms. The van der Waals surface area contributed by atoms with Gasteiger partial charge in [-0.05, 0) is 29.0 Å². The van der Waals surface area contributed by atoms with E-state index < -0.39 is 10.0 Å². The average Bonchev–Trinajstić information content (AvgIpc) is 2.56. The van der Waals surface area contributed by atoms with Crippen molar-refractivity contribution in [2.24, 2.45) is 0 Å². The van der Waals surface area contributed by atoms with E-state index in [0.717, 1.165) is 11.3 Å². The van der Waals surface area contributed by atoms with Crippen LogP contribution in [0.2, 0.25) is 5.02 Å². The van der Waals surface area contributed by atoms with Gasteiger partial charge < -0.3 is 5.32 Å². The van der Waals surface area contributed by atoms with Crippen LogP contribution in [0.4, 0.5) is 0 Å². The molecule has 1 aromatic heterocycles. The second kappa shape index (κ2) is 5.79. The molecule has 8 heteroatoms. The number of sulfonamides is 1. The zero-order valence-corrected chi connectivity index (χ0v) is 12.8. The first-order valence-corrected chi connectivity index (χ1v) is 7.88. The molecule has 0 unspecified atom stereocenters. The van der Waals surface area contributed by atoms with Crippen molar-refractivity contribution >= 4 is 48.9 Å². The molecule has 92 valence electrons. The van der Waals surface area contributed by atoms with Gasteiger partial charge in [0, 0.05) is 20.1 Å². The van der Waals surface area contributed by atoms with Gasteiger partial charge in [-0.2, -0.15) is 4.31 Å². The van der Waals surface area contributed by atoms with Crippen LogP contribution in [-0.4, -0.2) is 39.9 Å². The van der Waals surface area contributed by atoms with Gasteiger partial charge in [-0.3, -0.25) is 0 Å². The van der Waals surface area contributed by atoms with E-state index in [1.165, 1.54) is 10.4 Å². The molecule has 0 saturated heterocycles. The van der Waals surface area contributed by atoms with E-state index >= 15 is 0 Å². The molecule has 0 spiro atoms. The summed E-state index contributed by atoms with van der Waals surface area (Å²) in [6, 6.07) is 1.46. The molecule has 1 rings (SSSR count). The summed E-state index contributed by atoms with van der Waals surface area (Å²) in [7, 11) is -0.0888. The minimum Gasteiger partial charge on any atom is -0.318 e. The van der Waals surface area contributed by atoms with E-state index in [4.69, 9.17) is 11.6 Å². The van der Waals surface area contributed by atoms with Crippen molar-refractivity contribution < 1.29 is 8.42 Å². The van der Waals surface area contributed by atoms with Crippen molar-refractivity contribution in [1.82, 2.24) is 9.62 Å². The highest BCUT2D eigenvalue weighted by molar-refractivity contribution is 9.11. The lowest BCUT2D eigenvalue weighted by Crippen LogP contribution is -2.32. The second-order valence-corrected chi connectivity index (χ2v) is 8.17. The van der Waals surface area contributed by atoms with Crippen LogP contribution in [0.25, 0.3) is 0 Å². The first-order chi connectivity index (χ1) is 7.39. The van der Waals surface area contributed by atoms with Crippen LogP contribution >= 0.6 is 38.9 Å². The molecule has 1 aromatic rings. The molecule has 0 saturated carbocycles. The van der Waals surface area contributed by atoms with Crippen LogP contribution < -0.4 is 5.32 Å². The van der Waals surface area contributed by atoms with Crippen LogP contribution in [0.1, 0.15) is 0 Å². The Morgan fingerprint density at radius 2 is 2.25 bits per heavy atom. The normalized spacial score (nSPS) is 12.3. The van der Waals surface area contributed by atoms with Crippen LogP contribution in [0.5, 0.6) is 0 Å². The summed E-state index contributed by atoms with van der Waals surface area (Å²) in [4.78, 5) is 0. The molecular formula is C8H12BrClN2O2S2. The zero-order valence-electron chi connectivity index (χ0n) is 8.83. The van der Waals surface area contributed by atoms with Crippen molar-refractivity contribution in [2.75, 3.05) is 27.2 Å². The van der Waals surface area contributed by atoms with E-state index in [-0.39, 0.29) is 4.21 Å². The van der Waals surface area contributed by atoms with Crippen molar-refractivity contribution in [3.05, 3.63) is 14.9 Å². The summed E-state index contributed by atoms with van der Waals surface area (Å²) in [5, 5.41) is 3.32. The highest BCUT2D eigenvalue weighted by Crippen LogP contribution is 2.35. The van der Waals surface area contributed by atoms with Gasteiger partial charge in [0.25, 0.3) is 10.0 Å². The molecule has 0 aliphatic heterocycles. The Morgan fingerprint density at radius 3 is 2.69 bits per heavy atom. The topological polar surface area (TPSA) is 49.4 Å². The van der Waals surface area contributed by atoms with E-state index in [1.807, 2.05) is 0 Å². The molecule has 0 aliphatic rings. The Morgan fingerprint density at radius 1 is 1.62 bits per heavy atom. The van der Waals surface area contributed by atoms with Crippen LogP contribution in [0.3, 0.4) is 0 Å². The third-order valence-electron chi connectivity index (χ3n) is 1.96. The van der Waals surface area contributed by atoms with Gasteiger partial charge in [-0.1, -0.05) is 11.6 Å². The monoisotopic (exact) mass is 346 g/mol. The fourth-order valence-electron chi connectivity index (χ4n) is 0.997. The quantitative estimate of drug-likeness (QED) is 0.886. The summed E-state index contributed by atoms with van der Waals surface area (Å²) in [6.45, 7) is 1.03. The van der Waals surface area contributed by atoms with E-state index in [2.05, 4.69) is 21.2 Å². The first-order valence-electron chi connectivity index (χ1n) is 4.45. The molecule has 0 amide bonds. The molecule has 0 aromatic carbocycles. The summed E-state index contributed by atoms with van der Waals surface area (Å²) >= 11 is 10.1. The lowest BCUT2D eigenvalue weighted by atomic mass is 10.6. The summed E-state index contributed by atoms with van der Waals surface area (Å²) in [6.07, 6.45) is 0. The van der Waals surface area contributed by atoms with Gasteiger partial charge >= 0.3 is 0 Å². The average molecular weight is 348 g/mol. The van der Waals surface area contributed by atoms with Crippen LogP contribution in [0, 0.1) is 0 Å². The van der Waals surface area contributed by atoms with Gasteiger partial charge in [0.15, 0.2) is 0 Å². The fourth-order valence-corrected chi connectivity index (χ4v) is 4.78. The molecule has 0 atom stereocenters. The maximum Gasteiger partial charge on any atom is 0.252 e. The number of nitrogens with zero attached hydrogens (tertiary/aromatic N) is 1. The highest BCUT2D eigenvalue weighted by atomic mass is 79.9. The molecule has 0 radical (unpaired) electrons. The lowest BCUT2D eigenvalue weighted by Gasteiger charge is -2.15. The maximum atomic E-state index is 12.0. The Kier molecular flexibility index (Phi) is 5.21. The Hall–Kier alpha value is 0.340. The highest BCUT2D eigenvalue weighted by Gasteiger charge is 2.23. The van der Waals surface area contributed by atoms with Crippen LogP contribution in [-0.2, 0) is 10.0 Å². The number of halogens is 2. The van der Waals surface area contributed by atoms with Crippen LogP contribution in [0.15, 0.2) is 14.1 Å². The largest absolute Gasteiger partial charge is 0.318 e. The number of hydrogen-bond donors (Lipinski definition) is 1. The van der Waals surface area contributed by atoms with Crippen molar-refractivity contribution in [3.63, 3.8) is 0 Å². The predicted octanol–water partition coefficient (Wildman–Crippen LogP) is 2.00. The summed E-state index contributed by atoms with van der Waals surface area (Å²) in [5.41, 5.74) is 0. The lowest BCUT2D eigenvalue weighted by molar-refractivity contribution is 0.467. The minimum absolute atomic E-state index is 0.253. The second-order valence-electron chi connectivity index (χ2n) is 3.12. The first kappa shape index (κ1) is 14.4. The van der Waals surface area contributed by atoms with Crippen molar-refractivity contribution in [2.45, 2.75) is 4.21 Å². The van der Waals surface area contributed by atoms with Crippen molar-refractivity contribution in [1.29, 1.82) is 0 Å². The summed E-state index contributed by atoms with van der Waals surface area (Å²) < 4.78 is 26.3. The Balaban J connectivity index is 2.93. The standard InChI is InChI=1S/C8H12BrClN2O2S2/c1-11-3-4-12(2)16(13,14)7-5-6(10)8(9)15-7/h5,11H,3-4H2,1-2H3. The van der Waals surface area contributed by atoms with Gasteiger partial charge in [0.2, 0.25) is 0 Å². The van der Waals surface area contributed by atoms with Gasteiger partial charge in [0.1, 0.15) is 4.21 Å². The van der Waals surface area contributed by atoms with E-state index in [0.29, 0.717) is 21.9 Å². The van der Waals surface area contributed by atoms with E-state index in [9.17, 15) is 8.42 Å². The Labute approximate surface area is 113 Å². The van der Waals surface area contributed by atoms with E-state index in [1.54, 1.807) is 14.1 Å². The number of rotatable bonds is 5.